The largest absolute Gasteiger partial charge is 0.497 e. The molecule has 0 saturated heterocycles. The summed E-state index contributed by atoms with van der Waals surface area (Å²) in [5.41, 5.74) is 0.209. The third kappa shape index (κ3) is 3.83. The van der Waals surface area contributed by atoms with E-state index in [1.54, 1.807) is 21.1 Å². The molecule has 1 rings (SSSR count). The Kier molecular flexibility index (Phi) is 5.60. The highest BCUT2D eigenvalue weighted by atomic mass is 16.5. The van der Waals surface area contributed by atoms with Gasteiger partial charge in [0.15, 0.2) is 0 Å². The molecule has 0 amide bonds. The molecule has 0 spiro atoms. The molecule has 1 aromatic carbocycles. The van der Waals surface area contributed by atoms with Gasteiger partial charge in [-0.2, -0.15) is 0 Å². The predicted octanol–water partition coefficient (Wildman–Crippen LogP) is 1.10. The number of methoxy groups -OCH3 is 2. The lowest BCUT2D eigenvalue weighted by Crippen LogP contribution is -2.49. The second-order valence-electron chi connectivity index (χ2n) is 4.85. The number of hydrogen-bond donors (Lipinski definition) is 3. The zero-order chi connectivity index (χ0) is 14.5. The molecule has 19 heavy (non-hydrogen) atoms. The maximum absolute atomic E-state index is 9.32. The van der Waals surface area contributed by atoms with Crippen LogP contribution in [0.25, 0.3) is 0 Å². The fraction of sp³-hybridized carbons (Fsp3) is 0.571. The first-order chi connectivity index (χ1) is 8.99. The van der Waals surface area contributed by atoms with E-state index in [1.807, 2.05) is 25.1 Å². The fourth-order valence-electron chi connectivity index (χ4n) is 1.92. The molecule has 0 radical (unpaired) electrons. The fourth-order valence-corrected chi connectivity index (χ4v) is 1.92. The van der Waals surface area contributed by atoms with Crippen molar-refractivity contribution in [3.05, 3.63) is 23.8 Å². The van der Waals surface area contributed by atoms with Crippen LogP contribution in [0.4, 0.5) is 0 Å². The van der Waals surface area contributed by atoms with Crippen LogP contribution in [-0.2, 0) is 0 Å². The molecule has 0 fully saturated rings. The van der Waals surface area contributed by atoms with Crippen LogP contribution in [0.3, 0.4) is 0 Å². The molecular formula is C14H23NO4. The van der Waals surface area contributed by atoms with E-state index in [0.717, 1.165) is 11.3 Å². The van der Waals surface area contributed by atoms with E-state index < -0.39 is 5.54 Å². The van der Waals surface area contributed by atoms with Gasteiger partial charge in [0.1, 0.15) is 11.5 Å². The number of aliphatic hydroxyl groups is 2. The highest BCUT2D eigenvalue weighted by molar-refractivity contribution is 5.42. The third-order valence-corrected chi connectivity index (χ3v) is 3.17. The highest BCUT2D eigenvalue weighted by Crippen LogP contribution is 2.30. The van der Waals surface area contributed by atoms with E-state index in [4.69, 9.17) is 9.47 Å². The Morgan fingerprint density at radius 2 is 1.84 bits per heavy atom. The van der Waals surface area contributed by atoms with E-state index in [0.29, 0.717) is 5.75 Å². The summed E-state index contributed by atoms with van der Waals surface area (Å²) in [5.74, 6) is 1.43. The van der Waals surface area contributed by atoms with Gasteiger partial charge in [0.25, 0.3) is 0 Å². The Morgan fingerprint density at radius 1 is 1.21 bits per heavy atom. The van der Waals surface area contributed by atoms with E-state index in [9.17, 15) is 10.2 Å². The second-order valence-corrected chi connectivity index (χ2v) is 4.85. The number of benzene rings is 1. The summed E-state index contributed by atoms with van der Waals surface area (Å²) in [7, 11) is 3.20. The van der Waals surface area contributed by atoms with E-state index in [2.05, 4.69) is 5.32 Å². The SMILES string of the molecule is COc1ccc(C(C)NC(C)(CO)CO)c(OC)c1. The quantitative estimate of drug-likeness (QED) is 0.691. The Morgan fingerprint density at radius 3 is 2.32 bits per heavy atom. The topological polar surface area (TPSA) is 71.0 Å². The van der Waals surface area contributed by atoms with Gasteiger partial charge in [0.05, 0.1) is 33.0 Å². The first-order valence-electron chi connectivity index (χ1n) is 6.21. The molecule has 108 valence electrons. The van der Waals surface area contributed by atoms with Crippen molar-refractivity contribution in [3.63, 3.8) is 0 Å². The Labute approximate surface area is 114 Å². The monoisotopic (exact) mass is 269 g/mol. The molecule has 5 heteroatoms. The molecular weight excluding hydrogens is 246 g/mol. The Hall–Kier alpha value is -1.30. The Bertz CT molecular complexity index is 404. The zero-order valence-corrected chi connectivity index (χ0v) is 11.9. The van der Waals surface area contributed by atoms with Crippen LogP contribution in [0.5, 0.6) is 11.5 Å². The summed E-state index contributed by atoms with van der Waals surface area (Å²) in [5, 5.41) is 21.8. The molecule has 5 nitrogen and oxygen atoms in total. The van der Waals surface area contributed by atoms with Gasteiger partial charge >= 0.3 is 0 Å². The first-order valence-corrected chi connectivity index (χ1v) is 6.21. The molecule has 1 unspecified atom stereocenters. The molecule has 0 aromatic heterocycles. The van der Waals surface area contributed by atoms with Crippen LogP contribution < -0.4 is 14.8 Å². The maximum Gasteiger partial charge on any atom is 0.127 e. The highest BCUT2D eigenvalue weighted by Gasteiger charge is 2.25. The summed E-state index contributed by atoms with van der Waals surface area (Å²) in [6.07, 6.45) is 0. The minimum Gasteiger partial charge on any atom is -0.497 e. The van der Waals surface area contributed by atoms with Crippen molar-refractivity contribution in [2.45, 2.75) is 25.4 Å². The van der Waals surface area contributed by atoms with Gasteiger partial charge in [-0.15, -0.1) is 0 Å². The van der Waals surface area contributed by atoms with E-state index in [1.165, 1.54) is 0 Å². The molecule has 1 atom stereocenters. The third-order valence-electron chi connectivity index (χ3n) is 3.17. The van der Waals surface area contributed by atoms with Crippen LogP contribution in [0.15, 0.2) is 18.2 Å². The lowest BCUT2D eigenvalue weighted by molar-refractivity contribution is 0.0954. The van der Waals surface area contributed by atoms with E-state index in [-0.39, 0.29) is 19.3 Å². The van der Waals surface area contributed by atoms with Crippen molar-refractivity contribution in [1.82, 2.24) is 5.32 Å². The van der Waals surface area contributed by atoms with Gasteiger partial charge in [-0.1, -0.05) is 6.07 Å². The first kappa shape index (κ1) is 15.8. The number of aliphatic hydroxyl groups excluding tert-OH is 2. The van der Waals surface area contributed by atoms with Crippen LogP contribution in [-0.4, -0.2) is 43.2 Å². The summed E-state index contributed by atoms with van der Waals surface area (Å²) in [4.78, 5) is 0. The van der Waals surface area contributed by atoms with Crippen LogP contribution in [0.1, 0.15) is 25.5 Å². The molecule has 0 heterocycles. The zero-order valence-electron chi connectivity index (χ0n) is 11.9. The van der Waals surface area contributed by atoms with Crippen molar-refractivity contribution in [3.8, 4) is 11.5 Å². The van der Waals surface area contributed by atoms with Crippen molar-refractivity contribution in [1.29, 1.82) is 0 Å². The van der Waals surface area contributed by atoms with Crippen molar-refractivity contribution >= 4 is 0 Å². The predicted molar refractivity (Wildman–Crippen MR) is 73.7 cm³/mol. The number of rotatable bonds is 7. The van der Waals surface area contributed by atoms with Gasteiger partial charge in [0.2, 0.25) is 0 Å². The van der Waals surface area contributed by atoms with Gasteiger partial charge in [0, 0.05) is 17.7 Å². The molecule has 0 aliphatic heterocycles. The van der Waals surface area contributed by atoms with Gasteiger partial charge in [-0.3, -0.25) is 0 Å². The summed E-state index contributed by atoms with van der Waals surface area (Å²) >= 11 is 0. The summed E-state index contributed by atoms with van der Waals surface area (Å²) in [6.45, 7) is 3.42. The molecule has 0 aliphatic carbocycles. The van der Waals surface area contributed by atoms with Gasteiger partial charge in [-0.25, -0.2) is 0 Å². The molecule has 3 N–H and O–H groups in total. The van der Waals surface area contributed by atoms with Gasteiger partial charge in [-0.05, 0) is 19.9 Å². The van der Waals surface area contributed by atoms with Crippen molar-refractivity contribution in [2.24, 2.45) is 0 Å². The maximum atomic E-state index is 9.32. The van der Waals surface area contributed by atoms with Crippen LogP contribution >= 0.6 is 0 Å². The van der Waals surface area contributed by atoms with Crippen molar-refractivity contribution in [2.75, 3.05) is 27.4 Å². The number of ether oxygens (including phenoxy) is 2. The summed E-state index contributed by atoms with van der Waals surface area (Å²) < 4.78 is 10.5. The van der Waals surface area contributed by atoms with E-state index >= 15 is 0 Å². The Balaban J connectivity index is 2.96. The van der Waals surface area contributed by atoms with Crippen LogP contribution in [0.2, 0.25) is 0 Å². The standard InChI is InChI=1S/C14H23NO4/c1-10(15-14(2,8-16)9-17)12-6-5-11(18-3)7-13(12)19-4/h5-7,10,15-17H,8-9H2,1-4H3. The average Bonchev–Trinajstić information content (AvgIpc) is 2.46. The minimum atomic E-state index is -0.732. The summed E-state index contributed by atoms with van der Waals surface area (Å²) in [6, 6.07) is 5.49. The second kappa shape index (κ2) is 6.75. The lowest BCUT2D eigenvalue weighted by atomic mass is 10.00. The molecule has 0 bridgehead atoms. The van der Waals surface area contributed by atoms with Crippen LogP contribution in [0, 0.1) is 0 Å². The molecule has 1 aromatic rings. The van der Waals surface area contributed by atoms with Gasteiger partial charge < -0.3 is 25.0 Å². The normalized spacial score (nSPS) is 13.2. The smallest absolute Gasteiger partial charge is 0.127 e. The molecule has 0 saturated carbocycles. The number of hydrogen-bond acceptors (Lipinski definition) is 5. The minimum absolute atomic E-state index is 0.0786. The van der Waals surface area contributed by atoms with Crippen molar-refractivity contribution < 1.29 is 19.7 Å². The molecule has 0 aliphatic rings. The average molecular weight is 269 g/mol. The number of nitrogens with one attached hydrogen (secondary N) is 1. The lowest BCUT2D eigenvalue weighted by Gasteiger charge is -2.31.